The molecule has 178 valence electrons. The highest BCUT2D eigenvalue weighted by Crippen LogP contribution is 2.57. The van der Waals surface area contributed by atoms with Crippen LogP contribution in [0.1, 0.15) is 22.3 Å². The monoisotopic (exact) mass is 626 g/mol. The number of aliphatic hydroxyl groups excluding tert-OH is 2. The first-order chi connectivity index (χ1) is 17.1. The summed E-state index contributed by atoms with van der Waals surface area (Å²) in [5, 5.41) is 18.6. The van der Waals surface area contributed by atoms with Crippen LogP contribution in [0, 0.1) is 0 Å². The second-order valence-corrected chi connectivity index (χ2v) is 12.3. The largest absolute Gasteiger partial charge is 0.396 e. The number of halogens is 2. The molecule has 1 aliphatic rings. The van der Waals surface area contributed by atoms with Crippen molar-refractivity contribution in [2.24, 2.45) is 0 Å². The number of rotatable bonds is 8. The fourth-order valence-electron chi connectivity index (χ4n) is 5.04. The molecule has 0 aliphatic heterocycles. The Kier molecular flexibility index (Phi) is 7.78. The predicted octanol–water partition coefficient (Wildman–Crippen LogP) is 7.74. The smallest absolute Gasteiger partial charge is 0.0714 e. The van der Waals surface area contributed by atoms with E-state index in [0.717, 1.165) is 18.7 Å². The van der Waals surface area contributed by atoms with E-state index in [2.05, 4.69) is 117 Å². The van der Waals surface area contributed by atoms with E-state index in [-0.39, 0.29) is 13.2 Å². The van der Waals surface area contributed by atoms with Crippen molar-refractivity contribution in [3.63, 3.8) is 0 Å². The van der Waals surface area contributed by atoms with Crippen molar-refractivity contribution < 1.29 is 10.2 Å². The van der Waals surface area contributed by atoms with Crippen molar-refractivity contribution in [3.05, 3.63) is 116 Å². The number of aliphatic hydroxyl groups is 2. The molecule has 0 radical (unpaired) electrons. The summed E-state index contributed by atoms with van der Waals surface area (Å²) in [5.74, 6) is 1.32. The van der Waals surface area contributed by atoms with Crippen LogP contribution in [0.4, 0.5) is 0 Å². The van der Waals surface area contributed by atoms with E-state index in [1.807, 2.05) is 0 Å². The normalized spacial score (nSPS) is 13.5. The maximum Gasteiger partial charge on any atom is 0.0714 e. The minimum Gasteiger partial charge on any atom is -0.396 e. The molecule has 5 rings (SSSR count). The third kappa shape index (κ3) is 4.43. The van der Waals surface area contributed by atoms with Crippen LogP contribution in [0.25, 0.3) is 11.1 Å². The Balaban J connectivity index is 1.78. The Morgan fingerprint density at radius 2 is 1.03 bits per heavy atom. The average Bonchev–Trinajstić information content (AvgIpc) is 3.18. The van der Waals surface area contributed by atoms with Crippen LogP contribution in [0.2, 0.25) is 0 Å². The number of thioether (sulfide) groups is 2. The van der Waals surface area contributed by atoms with Crippen LogP contribution >= 0.6 is 55.4 Å². The van der Waals surface area contributed by atoms with Gasteiger partial charge in [0.05, 0.1) is 18.6 Å². The standard InChI is InChI=1S/C29H24Br2O2S2/c30-25-17-19(9-11-27(25)34-15-13-32)29(20-10-12-28(26(31)18-20)35-16-14-33)23-7-3-1-5-21(23)22-6-2-4-8-24(22)29/h1-12,17-18,32-33H,13-16H2. The third-order valence-corrected chi connectivity index (χ3v) is 10.3. The number of benzene rings is 4. The van der Waals surface area contributed by atoms with Crippen LogP contribution in [0.5, 0.6) is 0 Å². The minimum atomic E-state index is -0.474. The van der Waals surface area contributed by atoms with Crippen LogP contribution in [0.15, 0.2) is 104 Å². The lowest BCUT2D eigenvalue weighted by molar-refractivity contribution is 0.322. The zero-order valence-electron chi connectivity index (χ0n) is 18.9. The molecule has 2 nitrogen and oxygen atoms in total. The second kappa shape index (κ2) is 10.8. The van der Waals surface area contributed by atoms with Crippen molar-refractivity contribution in [3.8, 4) is 11.1 Å². The fraction of sp³-hybridized carbons (Fsp3) is 0.172. The van der Waals surface area contributed by atoms with Crippen molar-refractivity contribution in [1.82, 2.24) is 0 Å². The van der Waals surface area contributed by atoms with Crippen molar-refractivity contribution in [2.75, 3.05) is 24.7 Å². The molecule has 0 heterocycles. The zero-order valence-corrected chi connectivity index (χ0v) is 23.7. The molecule has 0 amide bonds. The van der Waals surface area contributed by atoms with Gasteiger partial charge in [0.25, 0.3) is 0 Å². The molecule has 0 atom stereocenters. The lowest BCUT2D eigenvalue weighted by atomic mass is 9.68. The summed E-state index contributed by atoms with van der Waals surface area (Å²) < 4.78 is 2.06. The minimum absolute atomic E-state index is 0.151. The molecular formula is C29H24Br2O2S2. The van der Waals surface area contributed by atoms with E-state index in [1.54, 1.807) is 23.5 Å². The van der Waals surface area contributed by atoms with Gasteiger partial charge in [-0.2, -0.15) is 0 Å². The van der Waals surface area contributed by atoms with Gasteiger partial charge in [0.2, 0.25) is 0 Å². The molecule has 1 aliphatic carbocycles. The fourth-order valence-corrected chi connectivity index (χ4v) is 7.83. The lowest BCUT2D eigenvalue weighted by Gasteiger charge is -2.34. The van der Waals surface area contributed by atoms with Gasteiger partial charge in [0.1, 0.15) is 0 Å². The molecule has 0 saturated heterocycles. The number of hydrogen-bond acceptors (Lipinski definition) is 4. The van der Waals surface area contributed by atoms with E-state index >= 15 is 0 Å². The van der Waals surface area contributed by atoms with Crippen LogP contribution in [-0.4, -0.2) is 34.9 Å². The van der Waals surface area contributed by atoms with Gasteiger partial charge >= 0.3 is 0 Å². The van der Waals surface area contributed by atoms with Gasteiger partial charge in [-0.1, -0.05) is 60.7 Å². The Labute approximate surface area is 231 Å². The summed E-state index contributed by atoms with van der Waals surface area (Å²) in [6.07, 6.45) is 0. The summed E-state index contributed by atoms with van der Waals surface area (Å²) >= 11 is 10.9. The summed E-state index contributed by atoms with van der Waals surface area (Å²) in [5.41, 5.74) is 6.97. The van der Waals surface area contributed by atoms with E-state index in [0.29, 0.717) is 11.5 Å². The Morgan fingerprint density at radius 1 is 0.600 bits per heavy atom. The number of fused-ring (bicyclic) bond motifs is 3. The maximum absolute atomic E-state index is 9.30. The van der Waals surface area contributed by atoms with E-state index < -0.39 is 5.41 Å². The molecule has 0 unspecified atom stereocenters. The Hall–Kier alpha value is -1.54. The topological polar surface area (TPSA) is 40.5 Å². The first kappa shape index (κ1) is 25.1. The first-order valence-corrected chi connectivity index (χ1v) is 14.9. The van der Waals surface area contributed by atoms with Gasteiger partial charge in [-0.15, -0.1) is 23.5 Å². The quantitative estimate of drug-likeness (QED) is 0.173. The molecule has 0 aromatic heterocycles. The molecule has 35 heavy (non-hydrogen) atoms. The molecule has 0 spiro atoms. The molecule has 4 aromatic carbocycles. The average molecular weight is 628 g/mol. The summed E-state index contributed by atoms with van der Waals surface area (Å²) in [6.45, 7) is 0.302. The van der Waals surface area contributed by atoms with E-state index in [4.69, 9.17) is 0 Å². The van der Waals surface area contributed by atoms with Crippen molar-refractivity contribution in [2.45, 2.75) is 15.2 Å². The highest BCUT2D eigenvalue weighted by Gasteiger charge is 2.46. The van der Waals surface area contributed by atoms with Gasteiger partial charge in [-0.25, -0.2) is 0 Å². The summed E-state index contributed by atoms with van der Waals surface area (Å²) in [7, 11) is 0. The van der Waals surface area contributed by atoms with Crippen LogP contribution in [0.3, 0.4) is 0 Å². The SMILES string of the molecule is OCCSc1ccc(C2(c3ccc(SCCO)c(Br)c3)c3ccccc3-c3ccccc32)cc1Br. The highest BCUT2D eigenvalue weighted by molar-refractivity contribution is 9.10. The van der Waals surface area contributed by atoms with Gasteiger partial charge < -0.3 is 10.2 Å². The maximum atomic E-state index is 9.30. The van der Waals surface area contributed by atoms with Crippen LogP contribution < -0.4 is 0 Å². The Morgan fingerprint density at radius 3 is 1.43 bits per heavy atom. The molecule has 0 bridgehead atoms. The number of hydrogen-bond donors (Lipinski definition) is 2. The zero-order chi connectivity index (χ0) is 24.4. The third-order valence-electron chi connectivity index (χ3n) is 6.38. The van der Waals surface area contributed by atoms with Crippen LogP contribution in [-0.2, 0) is 5.41 Å². The molecule has 6 heteroatoms. The molecule has 0 saturated carbocycles. The first-order valence-electron chi connectivity index (χ1n) is 11.4. The summed E-state index contributed by atoms with van der Waals surface area (Å²) in [6, 6.07) is 30.7. The Bertz CT molecular complexity index is 1270. The van der Waals surface area contributed by atoms with Gasteiger partial charge in [0, 0.05) is 30.2 Å². The predicted molar refractivity (Wildman–Crippen MR) is 155 cm³/mol. The second-order valence-electron chi connectivity index (χ2n) is 8.28. The van der Waals surface area contributed by atoms with Crippen molar-refractivity contribution in [1.29, 1.82) is 0 Å². The lowest BCUT2D eigenvalue weighted by Crippen LogP contribution is -2.28. The molecule has 2 N–H and O–H groups in total. The summed E-state index contributed by atoms with van der Waals surface area (Å²) in [4.78, 5) is 2.24. The van der Waals surface area contributed by atoms with E-state index in [9.17, 15) is 10.2 Å². The van der Waals surface area contributed by atoms with Gasteiger partial charge in [-0.3, -0.25) is 0 Å². The molecular weight excluding hydrogens is 604 g/mol. The molecule has 0 fully saturated rings. The van der Waals surface area contributed by atoms with Gasteiger partial charge in [0.15, 0.2) is 0 Å². The van der Waals surface area contributed by atoms with Crippen molar-refractivity contribution >= 4 is 55.4 Å². The van der Waals surface area contributed by atoms with Gasteiger partial charge in [-0.05, 0) is 89.5 Å². The highest BCUT2D eigenvalue weighted by atomic mass is 79.9. The van der Waals surface area contributed by atoms with E-state index in [1.165, 1.54) is 33.4 Å². The molecule has 4 aromatic rings.